The van der Waals surface area contributed by atoms with E-state index in [9.17, 15) is 0 Å². The third-order valence-electron chi connectivity index (χ3n) is 2.13. The molecular formula is C7H13N3OS. The minimum absolute atomic E-state index is 0.0186. The smallest absolute Gasteiger partial charge is 0.0641 e. The van der Waals surface area contributed by atoms with E-state index in [0.717, 1.165) is 12.2 Å². The van der Waals surface area contributed by atoms with Gasteiger partial charge in [-0.1, -0.05) is 5.11 Å². The van der Waals surface area contributed by atoms with Crippen LogP contribution in [0.4, 0.5) is 0 Å². The summed E-state index contributed by atoms with van der Waals surface area (Å²) < 4.78 is 0. The van der Waals surface area contributed by atoms with Crippen molar-refractivity contribution in [1.82, 2.24) is 0 Å². The minimum atomic E-state index is -0.206. The van der Waals surface area contributed by atoms with E-state index in [4.69, 9.17) is 10.6 Å². The molecule has 1 rings (SSSR count). The monoisotopic (exact) mass is 187 g/mol. The Balaban J connectivity index is 2.45. The number of azide groups is 1. The average molecular weight is 187 g/mol. The van der Waals surface area contributed by atoms with Crippen molar-refractivity contribution in [3.05, 3.63) is 10.4 Å². The molecule has 5 heteroatoms. The molecule has 0 amide bonds. The van der Waals surface area contributed by atoms with Gasteiger partial charge in [-0.15, -0.1) is 0 Å². The lowest BCUT2D eigenvalue weighted by Gasteiger charge is -2.25. The number of nitrogens with zero attached hydrogens (tertiary/aromatic N) is 3. The minimum Gasteiger partial charge on any atom is -0.396 e. The molecule has 1 aliphatic heterocycles. The third-order valence-corrected chi connectivity index (χ3v) is 3.37. The Labute approximate surface area is 76.0 Å². The highest BCUT2D eigenvalue weighted by Crippen LogP contribution is 2.26. The lowest BCUT2D eigenvalue weighted by atomic mass is 9.98. The second-order valence-corrected chi connectivity index (χ2v) is 4.08. The lowest BCUT2D eigenvalue weighted by molar-refractivity contribution is 0.228. The summed E-state index contributed by atoms with van der Waals surface area (Å²) in [6.45, 7) is -0.0186. The van der Waals surface area contributed by atoms with Crippen molar-refractivity contribution in [3.63, 3.8) is 0 Å². The number of hydrogen-bond acceptors (Lipinski definition) is 3. The molecule has 0 aromatic carbocycles. The summed E-state index contributed by atoms with van der Waals surface area (Å²) in [4.78, 5) is 2.74. The van der Waals surface area contributed by atoms with Gasteiger partial charge in [-0.05, 0) is 35.8 Å². The van der Waals surface area contributed by atoms with Gasteiger partial charge in [-0.2, -0.15) is 11.8 Å². The first-order valence-corrected chi connectivity index (χ1v) is 5.26. The summed E-state index contributed by atoms with van der Waals surface area (Å²) in [5, 5.41) is 12.5. The zero-order valence-electron chi connectivity index (χ0n) is 6.89. The van der Waals surface area contributed by atoms with Crippen molar-refractivity contribution in [2.45, 2.75) is 18.9 Å². The van der Waals surface area contributed by atoms with E-state index in [-0.39, 0.29) is 12.6 Å². The number of aliphatic hydroxyl groups is 1. The fraction of sp³-hybridized carbons (Fsp3) is 1.00. The van der Waals surface area contributed by atoms with Crippen LogP contribution in [0.1, 0.15) is 12.8 Å². The highest BCUT2D eigenvalue weighted by molar-refractivity contribution is 7.99. The summed E-state index contributed by atoms with van der Waals surface area (Å²) in [6, 6.07) is -0.206. The van der Waals surface area contributed by atoms with E-state index in [0.29, 0.717) is 5.92 Å². The molecule has 0 aromatic rings. The Morgan fingerprint density at radius 3 is 3.08 bits per heavy atom. The topological polar surface area (TPSA) is 69.0 Å². The molecule has 1 heterocycles. The fourth-order valence-electron chi connectivity index (χ4n) is 1.42. The normalized spacial score (nSPS) is 25.9. The van der Waals surface area contributed by atoms with E-state index in [1.807, 2.05) is 11.8 Å². The molecule has 0 saturated carbocycles. The van der Waals surface area contributed by atoms with Gasteiger partial charge in [0.05, 0.1) is 12.6 Å². The van der Waals surface area contributed by atoms with Crippen molar-refractivity contribution in [3.8, 4) is 0 Å². The zero-order valence-corrected chi connectivity index (χ0v) is 7.70. The van der Waals surface area contributed by atoms with Crippen LogP contribution >= 0.6 is 11.8 Å². The van der Waals surface area contributed by atoms with Crippen LogP contribution in [0.25, 0.3) is 10.4 Å². The van der Waals surface area contributed by atoms with Gasteiger partial charge in [0.2, 0.25) is 0 Å². The fourth-order valence-corrected chi connectivity index (χ4v) is 2.64. The molecule has 2 unspecified atom stereocenters. The van der Waals surface area contributed by atoms with Gasteiger partial charge in [0, 0.05) is 4.91 Å². The van der Waals surface area contributed by atoms with Crippen LogP contribution in [0.3, 0.4) is 0 Å². The predicted molar refractivity (Wildman–Crippen MR) is 50.1 cm³/mol. The van der Waals surface area contributed by atoms with Crippen molar-refractivity contribution >= 4 is 11.8 Å². The van der Waals surface area contributed by atoms with Gasteiger partial charge in [0.15, 0.2) is 0 Å². The first-order chi connectivity index (χ1) is 5.88. The molecule has 0 aromatic heterocycles. The molecule has 0 spiro atoms. The van der Waals surface area contributed by atoms with Crippen LogP contribution in [-0.4, -0.2) is 29.3 Å². The molecule has 0 bridgehead atoms. The molecule has 1 aliphatic rings. The zero-order chi connectivity index (χ0) is 8.81. The van der Waals surface area contributed by atoms with E-state index in [1.165, 1.54) is 12.2 Å². The third kappa shape index (κ3) is 2.59. The first kappa shape index (κ1) is 9.71. The van der Waals surface area contributed by atoms with Crippen LogP contribution in [0.15, 0.2) is 5.11 Å². The maximum absolute atomic E-state index is 8.94. The van der Waals surface area contributed by atoms with E-state index in [1.54, 1.807) is 0 Å². The summed E-state index contributed by atoms with van der Waals surface area (Å²) in [7, 11) is 0. The van der Waals surface area contributed by atoms with Crippen molar-refractivity contribution in [2.24, 2.45) is 11.0 Å². The predicted octanol–water partition coefficient (Wildman–Crippen LogP) is 1.80. The van der Waals surface area contributed by atoms with Crippen molar-refractivity contribution in [1.29, 1.82) is 0 Å². The molecule has 68 valence electrons. The SMILES string of the molecule is [N-]=[N+]=NC(CO)C1CCCSC1. The van der Waals surface area contributed by atoms with Gasteiger partial charge in [0.25, 0.3) is 0 Å². The maximum Gasteiger partial charge on any atom is 0.0641 e. The van der Waals surface area contributed by atoms with Crippen LogP contribution in [0.2, 0.25) is 0 Å². The highest BCUT2D eigenvalue weighted by atomic mass is 32.2. The first-order valence-electron chi connectivity index (χ1n) is 4.11. The van der Waals surface area contributed by atoms with Gasteiger partial charge in [-0.25, -0.2) is 0 Å². The van der Waals surface area contributed by atoms with Crippen LogP contribution in [0.5, 0.6) is 0 Å². The molecule has 0 radical (unpaired) electrons. The van der Waals surface area contributed by atoms with Gasteiger partial charge < -0.3 is 5.11 Å². The molecular weight excluding hydrogens is 174 g/mol. The Morgan fingerprint density at radius 1 is 1.75 bits per heavy atom. The lowest BCUT2D eigenvalue weighted by Crippen LogP contribution is -2.26. The molecule has 0 aliphatic carbocycles. The van der Waals surface area contributed by atoms with Gasteiger partial charge in [0.1, 0.15) is 0 Å². The molecule has 1 fully saturated rings. The van der Waals surface area contributed by atoms with E-state index >= 15 is 0 Å². The Hall–Kier alpha value is -0.380. The second-order valence-electron chi connectivity index (χ2n) is 2.93. The van der Waals surface area contributed by atoms with Crippen LogP contribution < -0.4 is 0 Å². The van der Waals surface area contributed by atoms with Crippen molar-refractivity contribution in [2.75, 3.05) is 18.1 Å². The Morgan fingerprint density at radius 2 is 2.58 bits per heavy atom. The summed E-state index contributed by atoms with van der Waals surface area (Å²) >= 11 is 1.88. The molecule has 1 N–H and O–H groups in total. The van der Waals surface area contributed by atoms with E-state index < -0.39 is 0 Å². The largest absolute Gasteiger partial charge is 0.396 e. The number of rotatable bonds is 3. The second kappa shape index (κ2) is 5.30. The van der Waals surface area contributed by atoms with E-state index in [2.05, 4.69) is 10.0 Å². The molecule has 2 atom stereocenters. The van der Waals surface area contributed by atoms with Crippen LogP contribution in [0, 0.1) is 5.92 Å². The molecule has 12 heavy (non-hydrogen) atoms. The standard InChI is InChI=1S/C7H13N3OS/c8-10-9-7(4-11)6-2-1-3-12-5-6/h6-7,11H,1-5H2. The highest BCUT2D eigenvalue weighted by Gasteiger charge is 2.21. The Kier molecular flexibility index (Phi) is 4.29. The Bertz CT molecular complexity index is 175. The molecule has 4 nitrogen and oxygen atoms in total. The van der Waals surface area contributed by atoms with Gasteiger partial charge in [-0.3, -0.25) is 0 Å². The molecule has 1 saturated heterocycles. The number of aliphatic hydroxyl groups excluding tert-OH is 1. The van der Waals surface area contributed by atoms with Crippen molar-refractivity contribution < 1.29 is 5.11 Å². The number of thioether (sulfide) groups is 1. The van der Waals surface area contributed by atoms with Gasteiger partial charge >= 0.3 is 0 Å². The maximum atomic E-state index is 8.94. The summed E-state index contributed by atoms with van der Waals surface area (Å²) in [6.07, 6.45) is 2.25. The average Bonchev–Trinajstić information content (AvgIpc) is 2.15. The van der Waals surface area contributed by atoms with Crippen LogP contribution in [-0.2, 0) is 0 Å². The summed E-state index contributed by atoms with van der Waals surface area (Å²) in [5.41, 5.74) is 8.24. The quantitative estimate of drug-likeness (QED) is 0.416. The number of hydrogen-bond donors (Lipinski definition) is 1. The summed E-state index contributed by atoms with van der Waals surface area (Å²) in [5.74, 6) is 2.60.